The molecule has 1 amide bonds. The molecule has 3 rings (SSSR count). The molecule has 2 aromatic heterocycles. The maximum Gasteiger partial charge on any atom is 0.297 e. The van der Waals surface area contributed by atoms with Crippen LogP contribution >= 0.6 is 27.3 Å². The van der Waals surface area contributed by atoms with Gasteiger partial charge in [-0.05, 0) is 24.3 Å². The lowest BCUT2D eigenvalue weighted by Crippen LogP contribution is -2.14. The first kappa shape index (κ1) is 13.3. The molecule has 0 spiro atoms. The van der Waals surface area contributed by atoms with E-state index in [2.05, 4.69) is 26.0 Å². The van der Waals surface area contributed by atoms with Crippen molar-refractivity contribution in [2.24, 2.45) is 19.1 Å². The molecule has 0 saturated carbocycles. The Hall–Kier alpha value is -1.73. The molecule has 0 saturated heterocycles. The summed E-state index contributed by atoms with van der Waals surface area (Å²) in [6, 6.07) is 7.66. The SMILES string of the molecule is Cn1nccc1C(=O)N=c1sc2cc(Br)ccc2n1C. The minimum absolute atomic E-state index is 0.286. The fourth-order valence-corrected chi connectivity index (χ4v) is 3.51. The lowest BCUT2D eigenvalue weighted by atomic mass is 10.3. The molecular weight excluding hydrogens is 340 g/mol. The van der Waals surface area contributed by atoms with Crippen LogP contribution < -0.4 is 4.80 Å². The Balaban J connectivity index is 2.15. The average Bonchev–Trinajstić information content (AvgIpc) is 2.95. The Labute approximate surface area is 127 Å². The van der Waals surface area contributed by atoms with Gasteiger partial charge in [0, 0.05) is 24.8 Å². The third-order valence-electron chi connectivity index (χ3n) is 3.01. The van der Waals surface area contributed by atoms with Gasteiger partial charge in [0.2, 0.25) is 0 Å². The zero-order valence-electron chi connectivity index (χ0n) is 10.9. The van der Waals surface area contributed by atoms with Crippen molar-refractivity contribution in [2.75, 3.05) is 0 Å². The molecule has 1 aromatic carbocycles. The second-order valence-electron chi connectivity index (χ2n) is 4.31. The predicted molar refractivity (Wildman–Crippen MR) is 81.6 cm³/mol. The van der Waals surface area contributed by atoms with E-state index >= 15 is 0 Å². The number of amides is 1. The normalized spacial score (nSPS) is 12.2. The molecular formula is C13H11BrN4OS. The number of thiazole rings is 1. The van der Waals surface area contributed by atoms with Crippen molar-refractivity contribution in [2.45, 2.75) is 0 Å². The summed E-state index contributed by atoms with van der Waals surface area (Å²) in [6.45, 7) is 0. The largest absolute Gasteiger partial charge is 0.319 e. The Morgan fingerprint density at radius 2 is 2.15 bits per heavy atom. The van der Waals surface area contributed by atoms with Gasteiger partial charge in [-0.3, -0.25) is 9.48 Å². The highest BCUT2D eigenvalue weighted by atomic mass is 79.9. The molecule has 0 N–H and O–H groups in total. The molecule has 2 heterocycles. The number of carbonyl (C=O) groups is 1. The van der Waals surface area contributed by atoms with E-state index in [1.165, 1.54) is 16.0 Å². The first-order chi connectivity index (χ1) is 9.56. The monoisotopic (exact) mass is 350 g/mol. The quantitative estimate of drug-likeness (QED) is 0.676. The molecule has 7 heteroatoms. The summed E-state index contributed by atoms with van der Waals surface area (Å²) in [7, 11) is 3.63. The standard InChI is InChI=1S/C13H11BrN4OS/c1-17-9-4-3-8(14)7-11(9)20-13(17)16-12(19)10-5-6-15-18(10)2/h3-7H,1-2H3. The predicted octanol–water partition coefficient (Wildman–Crippen LogP) is 2.48. The number of hydrogen-bond donors (Lipinski definition) is 0. The Kier molecular flexibility index (Phi) is 3.31. The molecule has 0 aliphatic carbocycles. The van der Waals surface area contributed by atoms with Crippen LogP contribution in [0.1, 0.15) is 10.5 Å². The highest BCUT2D eigenvalue weighted by Gasteiger charge is 2.10. The molecule has 5 nitrogen and oxygen atoms in total. The van der Waals surface area contributed by atoms with Gasteiger partial charge in [0.25, 0.3) is 5.91 Å². The van der Waals surface area contributed by atoms with E-state index in [-0.39, 0.29) is 5.91 Å². The summed E-state index contributed by atoms with van der Waals surface area (Å²) >= 11 is 4.93. The summed E-state index contributed by atoms with van der Waals surface area (Å²) in [5, 5.41) is 3.98. The van der Waals surface area contributed by atoms with Crippen LogP contribution in [0, 0.1) is 0 Å². The molecule has 0 unspecified atom stereocenters. The Morgan fingerprint density at radius 3 is 2.85 bits per heavy atom. The van der Waals surface area contributed by atoms with E-state index in [1.54, 1.807) is 19.3 Å². The number of carbonyl (C=O) groups excluding carboxylic acids is 1. The highest BCUT2D eigenvalue weighted by Crippen LogP contribution is 2.21. The van der Waals surface area contributed by atoms with Crippen LogP contribution in [-0.2, 0) is 14.1 Å². The van der Waals surface area contributed by atoms with Crippen molar-refractivity contribution in [3.8, 4) is 0 Å². The van der Waals surface area contributed by atoms with Gasteiger partial charge in [0.1, 0.15) is 5.69 Å². The van der Waals surface area contributed by atoms with Crippen molar-refractivity contribution in [1.29, 1.82) is 0 Å². The molecule has 0 bridgehead atoms. The molecule has 3 aromatic rings. The molecule has 0 aliphatic rings. The van der Waals surface area contributed by atoms with Crippen molar-refractivity contribution >= 4 is 43.4 Å². The Morgan fingerprint density at radius 1 is 1.35 bits per heavy atom. The number of nitrogens with zero attached hydrogens (tertiary/aromatic N) is 4. The number of aryl methyl sites for hydroxylation is 2. The van der Waals surface area contributed by atoms with E-state index in [4.69, 9.17) is 0 Å². The lowest BCUT2D eigenvalue weighted by Gasteiger charge is -1.96. The van der Waals surface area contributed by atoms with Crippen LogP contribution in [0.5, 0.6) is 0 Å². The van der Waals surface area contributed by atoms with Gasteiger partial charge < -0.3 is 4.57 Å². The van der Waals surface area contributed by atoms with Crippen LogP contribution in [0.2, 0.25) is 0 Å². The van der Waals surface area contributed by atoms with Crippen LogP contribution in [0.15, 0.2) is 39.9 Å². The van der Waals surface area contributed by atoms with Gasteiger partial charge in [-0.1, -0.05) is 27.3 Å². The fraction of sp³-hybridized carbons (Fsp3) is 0.154. The van der Waals surface area contributed by atoms with E-state index in [1.807, 2.05) is 29.8 Å². The summed E-state index contributed by atoms with van der Waals surface area (Å²) < 4.78 is 5.53. The van der Waals surface area contributed by atoms with Crippen molar-refractivity contribution < 1.29 is 4.79 Å². The smallest absolute Gasteiger partial charge is 0.297 e. The van der Waals surface area contributed by atoms with Gasteiger partial charge >= 0.3 is 0 Å². The number of fused-ring (bicyclic) bond motifs is 1. The summed E-state index contributed by atoms with van der Waals surface area (Å²) in [4.78, 5) is 17.0. The van der Waals surface area contributed by atoms with E-state index in [0.29, 0.717) is 10.5 Å². The topological polar surface area (TPSA) is 52.2 Å². The average molecular weight is 351 g/mol. The minimum Gasteiger partial charge on any atom is -0.319 e. The first-order valence-electron chi connectivity index (χ1n) is 5.88. The summed E-state index contributed by atoms with van der Waals surface area (Å²) in [5.74, 6) is -0.286. The highest BCUT2D eigenvalue weighted by molar-refractivity contribution is 9.10. The van der Waals surface area contributed by atoms with Crippen LogP contribution in [0.25, 0.3) is 10.2 Å². The van der Waals surface area contributed by atoms with Gasteiger partial charge in [-0.15, -0.1) is 0 Å². The molecule has 20 heavy (non-hydrogen) atoms. The van der Waals surface area contributed by atoms with Crippen LogP contribution in [-0.4, -0.2) is 20.3 Å². The second kappa shape index (κ2) is 4.99. The van der Waals surface area contributed by atoms with Gasteiger partial charge in [0.05, 0.1) is 10.2 Å². The lowest BCUT2D eigenvalue weighted by molar-refractivity contribution is 0.0989. The summed E-state index contributed by atoms with van der Waals surface area (Å²) in [6.07, 6.45) is 1.59. The van der Waals surface area contributed by atoms with E-state index in [9.17, 15) is 4.79 Å². The Bertz CT molecular complexity index is 874. The summed E-state index contributed by atoms with van der Waals surface area (Å²) in [5.41, 5.74) is 1.53. The zero-order chi connectivity index (χ0) is 14.3. The number of benzene rings is 1. The maximum absolute atomic E-state index is 12.1. The van der Waals surface area contributed by atoms with E-state index in [0.717, 1.165) is 14.7 Å². The number of halogens is 1. The number of rotatable bonds is 1. The minimum atomic E-state index is -0.286. The first-order valence-corrected chi connectivity index (χ1v) is 7.49. The van der Waals surface area contributed by atoms with Crippen molar-refractivity contribution in [1.82, 2.24) is 14.3 Å². The molecule has 0 fully saturated rings. The van der Waals surface area contributed by atoms with Crippen LogP contribution in [0.4, 0.5) is 0 Å². The van der Waals surface area contributed by atoms with Crippen molar-refractivity contribution in [3.05, 3.63) is 45.4 Å². The van der Waals surface area contributed by atoms with Crippen LogP contribution in [0.3, 0.4) is 0 Å². The van der Waals surface area contributed by atoms with Gasteiger partial charge in [-0.2, -0.15) is 10.1 Å². The second-order valence-corrected chi connectivity index (χ2v) is 6.24. The van der Waals surface area contributed by atoms with Gasteiger partial charge in [-0.25, -0.2) is 0 Å². The fourth-order valence-electron chi connectivity index (χ4n) is 1.94. The third kappa shape index (κ3) is 2.23. The van der Waals surface area contributed by atoms with Gasteiger partial charge in [0.15, 0.2) is 4.80 Å². The zero-order valence-corrected chi connectivity index (χ0v) is 13.3. The molecule has 102 valence electrons. The number of hydrogen-bond acceptors (Lipinski definition) is 3. The molecule has 0 radical (unpaired) electrons. The molecule has 0 atom stereocenters. The van der Waals surface area contributed by atoms with Crippen molar-refractivity contribution in [3.63, 3.8) is 0 Å². The number of aromatic nitrogens is 3. The van der Waals surface area contributed by atoms with E-state index < -0.39 is 0 Å². The molecule has 0 aliphatic heterocycles. The maximum atomic E-state index is 12.1. The third-order valence-corrected chi connectivity index (χ3v) is 4.60.